The molecule has 0 aliphatic rings. The maximum Gasteiger partial charge on any atom is 0.338 e. The second-order valence-electron chi connectivity index (χ2n) is 4.68. The maximum atomic E-state index is 11.7. The highest BCUT2D eigenvalue weighted by atomic mass is 35.5. The molecule has 1 aromatic carbocycles. The number of nitrogens with zero attached hydrogens (tertiary/aromatic N) is 1. The SMILES string of the molecule is Cl.O=C(OCCCn1ccc(=O)c(O)c1CO)c1ccccc1. The first-order valence-corrected chi connectivity index (χ1v) is 6.88. The van der Waals surface area contributed by atoms with Crippen LogP contribution in [0.3, 0.4) is 0 Å². The van der Waals surface area contributed by atoms with Crippen LogP contribution in [0.5, 0.6) is 5.75 Å². The third kappa shape index (κ3) is 4.84. The smallest absolute Gasteiger partial charge is 0.338 e. The van der Waals surface area contributed by atoms with Crippen molar-refractivity contribution in [3.05, 3.63) is 64.1 Å². The first-order valence-electron chi connectivity index (χ1n) is 6.88. The first kappa shape index (κ1) is 18.7. The van der Waals surface area contributed by atoms with Gasteiger partial charge in [-0.2, -0.15) is 0 Å². The molecular formula is C16H18ClNO5. The molecule has 7 heteroatoms. The Balaban J connectivity index is 0.00000264. The minimum Gasteiger partial charge on any atom is -0.503 e. The number of aryl methyl sites for hydroxylation is 1. The number of carbonyl (C=O) groups is 1. The highest BCUT2D eigenvalue weighted by Crippen LogP contribution is 2.11. The zero-order chi connectivity index (χ0) is 15.9. The number of esters is 1. The fourth-order valence-corrected chi connectivity index (χ4v) is 2.04. The van der Waals surface area contributed by atoms with Crippen LogP contribution in [0.2, 0.25) is 0 Å². The number of aromatic hydroxyl groups is 1. The van der Waals surface area contributed by atoms with Crippen LogP contribution in [-0.4, -0.2) is 27.4 Å². The second-order valence-corrected chi connectivity index (χ2v) is 4.68. The quantitative estimate of drug-likeness (QED) is 0.618. The number of benzene rings is 1. The molecule has 0 atom stereocenters. The maximum absolute atomic E-state index is 11.7. The van der Waals surface area contributed by atoms with E-state index in [9.17, 15) is 19.8 Å². The van der Waals surface area contributed by atoms with Crippen LogP contribution in [0.25, 0.3) is 0 Å². The standard InChI is InChI=1S/C16H17NO5.ClH/c18-11-13-15(20)14(19)7-9-17(13)8-4-10-22-16(21)12-5-2-1-3-6-12;/h1-3,5-7,9,18,20H,4,8,10-11H2;1H. The summed E-state index contributed by atoms with van der Waals surface area (Å²) >= 11 is 0. The van der Waals surface area contributed by atoms with E-state index in [1.165, 1.54) is 12.3 Å². The van der Waals surface area contributed by atoms with Gasteiger partial charge in [-0.05, 0) is 18.6 Å². The van der Waals surface area contributed by atoms with Gasteiger partial charge in [-0.15, -0.1) is 12.4 Å². The van der Waals surface area contributed by atoms with Crippen molar-refractivity contribution in [2.75, 3.05) is 6.61 Å². The number of aromatic nitrogens is 1. The van der Waals surface area contributed by atoms with Crippen LogP contribution in [0.1, 0.15) is 22.5 Å². The van der Waals surface area contributed by atoms with Crippen molar-refractivity contribution in [1.82, 2.24) is 4.57 Å². The number of aliphatic hydroxyl groups excluding tert-OH is 1. The molecule has 2 rings (SSSR count). The summed E-state index contributed by atoms with van der Waals surface area (Å²) in [6.45, 7) is 0.170. The van der Waals surface area contributed by atoms with E-state index in [-0.39, 0.29) is 24.7 Å². The van der Waals surface area contributed by atoms with Gasteiger partial charge in [-0.25, -0.2) is 4.79 Å². The number of halogens is 1. The number of hydrogen-bond acceptors (Lipinski definition) is 5. The summed E-state index contributed by atoms with van der Waals surface area (Å²) in [4.78, 5) is 23.0. The van der Waals surface area contributed by atoms with Crippen LogP contribution < -0.4 is 5.43 Å². The van der Waals surface area contributed by atoms with Crippen molar-refractivity contribution in [2.24, 2.45) is 0 Å². The van der Waals surface area contributed by atoms with Crippen molar-refractivity contribution >= 4 is 18.4 Å². The van der Waals surface area contributed by atoms with E-state index < -0.39 is 23.8 Å². The summed E-state index contributed by atoms with van der Waals surface area (Å²) in [7, 11) is 0. The molecule has 1 aromatic heterocycles. The van der Waals surface area contributed by atoms with Gasteiger partial charge in [0, 0.05) is 18.8 Å². The van der Waals surface area contributed by atoms with Gasteiger partial charge in [-0.3, -0.25) is 4.79 Å². The number of aliphatic hydroxyl groups is 1. The number of carbonyl (C=O) groups excluding carboxylic acids is 1. The van der Waals surface area contributed by atoms with Gasteiger partial charge in [0.05, 0.1) is 24.5 Å². The molecule has 0 aliphatic heterocycles. The predicted octanol–water partition coefficient (Wildman–Crippen LogP) is 1.72. The minimum absolute atomic E-state index is 0. The summed E-state index contributed by atoms with van der Waals surface area (Å²) in [5.74, 6) is -0.850. The molecule has 0 saturated heterocycles. The van der Waals surface area contributed by atoms with Gasteiger partial charge in [-0.1, -0.05) is 18.2 Å². The Hall–Kier alpha value is -2.31. The topological polar surface area (TPSA) is 88.8 Å². The van der Waals surface area contributed by atoms with Crippen molar-refractivity contribution < 1.29 is 19.7 Å². The molecule has 0 spiro atoms. The van der Waals surface area contributed by atoms with Gasteiger partial charge in [0.2, 0.25) is 5.43 Å². The average molecular weight is 340 g/mol. The Morgan fingerprint density at radius 1 is 1.17 bits per heavy atom. The molecule has 0 saturated carbocycles. The predicted molar refractivity (Wildman–Crippen MR) is 86.9 cm³/mol. The number of rotatable bonds is 6. The molecule has 0 unspecified atom stereocenters. The van der Waals surface area contributed by atoms with Crippen molar-refractivity contribution in [1.29, 1.82) is 0 Å². The fraction of sp³-hybridized carbons (Fsp3) is 0.250. The third-order valence-electron chi connectivity index (χ3n) is 3.20. The molecular weight excluding hydrogens is 322 g/mol. The Bertz CT molecular complexity index is 699. The van der Waals surface area contributed by atoms with Crippen molar-refractivity contribution in [3.63, 3.8) is 0 Å². The monoisotopic (exact) mass is 339 g/mol. The van der Waals surface area contributed by atoms with E-state index in [1.807, 2.05) is 6.07 Å². The molecule has 0 bridgehead atoms. The largest absolute Gasteiger partial charge is 0.503 e. The highest BCUT2D eigenvalue weighted by molar-refractivity contribution is 5.89. The highest BCUT2D eigenvalue weighted by Gasteiger charge is 2.09. The first-order chi connectivity index (χ1) is 10.6. The van der Waals surface area contributed by atoms with Crippen LogP contribution in [0.15, 0.2) is 47.4 Å². The lowest BCUT2D eigenvalue weighted by Gasteiger charge is -2.12. The molecule has 1 heterocycles. The van der Waals surface area contributed by atoms with E-state index in [1.54, 1.807) is 28.8 Å². The molecule has 0 radical (unpaired) electrons. The van der Waals surface area contributed by atoms with Crippen LogP contribution in [0, 0.1) is 0 Å². The van der Waals surface area contributed by atoms with E-state index in [2.05, 4.69) is 0 Å². The molecule has 124 valence electrons. The molecule has 23 heavy (non-hydrogen) atoms. The van der Waals surface area contributed by atoms with Crippen LogP contribution >= 0.6 is 12.4 Å². The normalized spacial score (nSPS) is 9.96. The number of ether oxygens (including phenoxy) is 1. The Morgan fingerprint density at radius 3 is 2.52 bits per heavy atom. The van der Waals surface area contributed by atoms with Gasteiger partial charge < -0.3 is 19.5 Å². The van der Waals surface area contributed by atoms with Gasteiger partial charge in [0.1, 0.15) is 0 Å². The second kappa shape index (κ2) is 8.97. The Labute approximate surface area is 139 Å². The minimum atomic E-state index is -0.532. The van der Waals surface area contributed by atoms with Crippen molar-refractivity contribution in [3.8, 4) is 5.75 Å². The fourth-order valence-electron chi connectivity index (χ4n) is 2.04. The molecule has 0 amide bonds. The van der Waals surface area contributed by atoms with Crippen LogP contribution in [0.4, 0.5) is 0 Å². The van der Waals surface area contributed by atoms with E-state index in [4.69, 9.17) is 4.74 Å². The van der Waals surface area contributed by atoms with Crippen molar-refractivity contribution in [2.45, 2.75) is 19.6 Å². The van der Waals surface area contributed by atoms with Gasteiger partial charge >= 0.3 is 5.97 Å². The zero-order valence-electron chi connectivity index (χ0n) is 12.3. The van der Waals surface area contributed by atoms with E-state index >= 15 is 0 Å². The number of pyridine rings is 1. The van der Waals surface area contributed by atoms with Crippen LogP contribution in [-0.2, 0) is 17.9 Å². The molecule has 2 aromatic rings. The van der Waals surface area contributed by atoms with E-state index in [0.717, 1.165) is 0 Å². The summed E-state index contributed by atoms with van der Waals surface area (Å²) in [5, 5.41) is 18.8. The average Bonchev–Trinajstić information content (AvgIpc) is 2.55. The Kier molecular flexibility index (Phi) is 7.31. The summed E-state index contributed by atoms with van der Waals surface area (Å²) in [6.07, 6.45) is 1.99. The lowest BCUT2D eigenvalue weighted by Crippen LogP contribution is -2.14. The Morgan fingerprint density at radius 2 is 1.87 bits per heavy atom. The molecule has 2 N–H and O–H groups in total. The summed E-state index contributed by atoms with van der Waals surface area (Å²) in [6, 6.07) is 9.90. The molecule has 0 aliphatic carbocycles. The number of hydrogen-bond donors (Lipinski definition) is 2. The molecule has 6 nitrogen and oxygen atoms in total. The lowest BCUT2D eigenvalue weighted by atomic mass is 10.2. The zero-order valence-corrected chi connectivity index (χ0v) is 13.2. The molecule has 0 fully saturated rings. The van der Waals surface area contributed by atoms with E-state index in [0.29, 0.717) is 18.5 Å². The summed E-state index contributed by atoms with van der Waals surface area (Å²) in [5.41, 5.74) is 0.109. The third-order valence-corrected chi connectivity index (χ3v) is 3.20. The van der Waals surface area contributed by atoms with Gasteiger partial charge in [0.25, 0.3) is 0 Å². The van der Waals surface area contributed by atoms with Gasteiger partial charge in [0.15, 0.2) is 5.75 Å². The lowest BCUT2D eigenvalue weighted by molar-refractivity contribution is 0.0495. The summed E-state index contributed by atoms with van der Waals surface area (Å²) < 4.78 is 6.70.